The van der Waals surface area contributed by atoms with Crippen molar-refractivity contribution in [3.8, 4) is 0 Å². The van der Waals surface area contributed by atoms with E-state index < -0.39 is 16.6 Å². The minimum absolute atomic E-state index is 0.0246. The molecule has 0 aliphatic carbocycles. The summed E-state index contributed by atoms with van der Waals surface area (Å²) in [5.74, 6) is -1.32. The van der Waals surface area contributed by atoms with Gasteiger partial charge in [0.05, 0.1) is 16.2 Å². The van der Waals surface area contributed by atoms with Crippen LogP contribution < -0.4 is 11.1 Å². The van der Waals surface area contributed by atoms with Crippen molar-refractivity contribution in [2.75, 3.05) is 11.1 Å². The first-order valence-corrected chi connectivity index (χ1v) is 5.59. The summed E-state index contributed by atoms with van der Waals surface area (Å²) in [6.07, 6.45) is 0. The van der Waals surface area contributed by atoms with Gasteiger partial charge in [-0.3, -0.25) is 14.9 Å². The minimum atomic E-state index is -0.712. The highest BCUT2D eigenvalue weighted by molar-refractivity contribution is 6.08. The summed E-state index contributed by atoms with van der Waals surface area (Å²) in [6.45, 7) is 0. The van der Waals surface area contributed by atoms with Gasteiger partial charge in [0.15, 0.2) is 0 Å². The fourth-order valence-corrected chi connectivity index (χ4v) is 1.66. The minimum Gasteiger partial charge on any atom is -0.393 e. The van der Waals surface area contributed by atoms with Crippen molar-refractivity contribution >= 4 is 23.0 Å². The number of anilines is 2. The second kappa shape index (κ2) is 5.35. The van der Waals surface area contributed by atoms with Crippen molar-refractivity contribution in [3.05, 3.63) is 64.0 Å². The molecule has 0 saturated heterocycles. The Balaban J connectivity index is 2.33. The maximum atomic E-state index is 13.4. The second-order valence-corrected chi connectivity index (χ2v) is 3.93. The smallest absolute Gasteiger partial charge is 0.292 e. The van der Waals surface area contributed by atoms with Crippen LogP contribution in [-0.2, 0) is 0 Å². The molecule has 3 N–H and O–H groups in total. The molecule has 0 heterocycles. The number of hydrogen-bond donors (Lipinski definition) is 2. The van der Waals surface area contributed by atoms with Crippen molar-refractivity contribution in [1.29, 1.82) is 0 Å². The average Bonchev–Trinajstić information content (AvgIpc) is 2.41. The first kappa shape index (κ1) is 13.5. The van der Waals surface area contributed by atoms with Crippen LogP contribution in [0, 0.1) is 15.9 Å². The molecule has 0 spiro atoms. The third kappa shape index (κ3) is 2.56. The fourth-order valence-electron chi connectivity index (χ4n) is 1.66. The molecule has 2 aromatic carbocycles. The zero-order valence-electron chi connectivity index (χ0n) is 10.2. The van der Waals surface area contributed by atoms with Gasteiger partial charge in [-0.2, -0.15) is 0 Å². The van der Waals surface area contributed by atoms with Crippen molar-refractivity contribution < 1.29 is 14.1 Å². The normalized spacial score (nSPS) is 10.1. The van der Waals surface area contributed by atoms with Crippen LogP contribution in [0.2, 0.25) is 0 Å². The van der Waals surface area contributed by atoms with Gasteiger partial charge in [0.1, 0.15) is 11.5 Å². The van der Waals surface area contributed by atoms with Crippen LogP contribution in [0.3, 0.4) is 0 Å². The molecule has 6 nitrogen and oxygen atoms in total. The number of carbonyl (C=O) groups excluding carboxylic acids is 1. The first-order valence-electron chi connectivity index (χ1n) is 5.59. The zero-order valence-corrected chi connectivity index (χ0v) is 10.2. The van der Waals surface area contributed by atoms with E-state index in [2.05, 4.69) is 5.32 Å². The van der Waals surface area contributed by atoms with Crippen molar-refractivity contribution in [3.63, 3.8) is 0 Å². The number of para-hydroxylation sites is 2. The van der Waals surface area contributed by atoms with Crippen LogP contribution >= 0.6 is 0 Å². The molecule has 2 rings (SSSR count). The molecule has 0 aliphatic rings. The number of nitro groups is 1. The molecular weight excluding hydrogens is 265 g/mol. The molecule has 7 heteroatoms. The Bertz CT molecular complexity index is 688. The predicted molar refractivity (Wildman–Crippen MR) is 71.9 cm³/mol. The van der Waals surface area contributed by atoms with Crippen LogP contribution in [0.25, 0.3) is 0 Å². The molecule has 0 fully saturated rings. The summed E-state index contributed by atoms with van der Waals surface area (Å²) in [5, 5.41) is 13.1. The molecule has 0 atom stereocenters. The molecule has 20 heavy (non-hydrogen) atoms. The number of amides is 1. The van der Waals surface area contributed by atoms with Crippen LogP contribution in [0.15, 0.2) is 42.5 Å². The van der Waals surface area contributed by atoms with E-state index >= 15 is 0 Å². The third-order valence-electron chi connectivity index (χ3n) is 2.65. The zero-order chi connectivity index (χ0) is 14.7. The molecule has 1 amide bonds. The van der Waals surface area contributed by atoms with E-state index in [1.165, 1.54) is 36.4 Å². The van der Waals surface area contributed by atoms with E-state index in [1.807, 2.05) is 0 Å². The SMILES string of the molecule is Nc1c(C(=O)Nc2ccccc2F)cccc1[N+](=O)[O-]. The van der Waals surface area contributed by atoms with Crippen LogP contribution in [-0.4, -0.2) is 10.8 Å². The Labute approximate surface area is 113 Å². The number of nitrogen functional groups attached to an aromatic ring is 1. The van der Waals surface area contributed by atoms with Gasteiger partial charge in [-0.05, 0) is 18.2 Å². The topological polar surface area (TPSA) is 98.3 Å². The van der Waals surface area contributed by atoms with Crippen LogP contribution in [0.1, 0.15) is 10.4 Å². The lowest BCUT2D eigenvalue weighted by Gasteiger charge is -2.08. The summed E-state index contributed by atoms with van der Waals surface area (Å²) in [5.41, 5.74) is 4.85. The van der Waals surface area contributed by atoms with Crippen molar-refractivity contribution in [1.82, 2.24) is 0 Å². The van der Waals surface area contributed by atoms with Gasteiger partial charge in [-0.1, -0.05) is 18.2 Å². The summed E-state index contributed by atoms with van der Waals surface area (Å²) in [7, 11) is 0. The van der Waals surface area contributed by atoms with Gasteiger partial charge >= 0.3 is 0 Å². The predicted octanol–water partition coefficient (Wildman–Crippen LogP) is 2.57. The van der Waals surface area contributed by atoms with E-state index in [0.29, 0.717) is 0 Å². The molecule has 0 bridgehead atoms. The monoisotopic (exact) mass is 275 g/mol. The van der Waals surface area contributed by atoms with E-state index in [1.54, 1.807) is 6.07 Å². The Morgan fingerprint density at radius 1 is 1.20 bits per heavy atom. The van der Waals surface area contributed by atoms with Crippen LogP contribution in [0.5, 0.6) is 0 Å². The molecule has 0 aliphatic heterocycles. The molecule has 0 unspecified atom stereocenters. The van der Waals surface area contributed by atoms with Crippen LogP contribution in [0.4, 0.5) is 21.5 Å². The number of nitrogens with one attached hydrogen (secondary N) is 1. The largest absolute Gasteiger partial charge is 0.393 e. The maximum Gasteiger partial charge on any atom is 0.292 e. The summed E-state index contributed by atoms with van der Waals surface area (Å²) < 4.78 is 13.4. The summed E-state index contributed by atoms with van der Waals surface area (Å²) in [6, 6.07) is 9.45. The number of nitrogens with two attached hydrogens (primary N) is 1. The lowest BCUT2D eigenvalue weighted by Crippen LogP contribution is -2.15. The van der Waals surface area contributed by atoms with E-state index in [9.17, 15) is 19.3 Å². The van der Waals surface area contributed by atoms with Gasteiger partial charge in [0.25, 0.3) is 11.6 Å². The molecule has 0 saturated carbocycles. The fraction of sp³-hybridized carbons (Fsp3) is 0. The Morgan fingerprint density at radius 2 is 1.90 bits per heavy atom. The quantitative estimate of drug-likeness (QED) is 0.511. The van der Waals surface area contributed by atoms with E-state index in [4.69, 9.17) is 5.73 Å². The Hall–Kier alpha value is -2.96. The lowest BCUT2D eigenvalue weighted by atomic mass is 10.1. The molecule has 2 aromatic rings. The van der Waals surface area contributed by atoms with E-state index in [0.717, 1.165) is 0 Å². The van der Waals surface area contributed by atoms with Gasteiger partial charge in [-0.25, -0.2) is 4.39 Å². The first-order chi connectivity index (χ1) is 9.50. The molecule has 0 radical (unpaired) electrons. The summed E-state index contributed by atoms with van der Waals surface area (Å²) in [4.78, 5) is 22.0. The second-order valence-electron chi connectivity index (χ2n) is 3.93. The Kier molecular flexibility index (Phi) is 3.60. The van der Waals surface area contributed by atoms with E-state index in [-0.39, 0.29) is 22.6 Å². The number of nitrogens with zero attached hydrogens (tertiary/aromatic N) is 1. The molecule has 0 aromatic heterocycles. The Morgan fingerprint density at radius 3 is 2.55 bits per heavy atom. The highest BCUT2D eigenvalue weighted by atomic mass is 19.1. The van der Waals surface area contributed by atoms with Gasteiger partial charge < -0.3 is 11.1 Å². The van der Waals surface area contributed by atoms with Crippen molar-refractivity contribution in [2.24, 2.45) is 0 Å². The highest BCUT2D eigenvalue weighted by Gasteiger charge is 2.19. The average molecular weight is 275 g/mol. The lowest BCUT2D eigenvalue weighted by molar-refractivity contribution is -0.383. The number of hydrogen-bond acceptors (Lipinski definition) is 4. The number of benzene rings is 2. The highest BCUT2D eigenvalue weighted by Crippen LogP contribution is 2.25. The third-order valence-corrected chi connectivity index (χ3v) is 2.65. The van der Waals surface area contributed by atoms with Gasteiger partial charge in [0, 0.05) is 6.07 Å². The standard InChI is InChI=1S/C13H10FN3O3/c14-9-5-1-2-6-10(9)16-13(18)8-4-3-7-11(12(8)15)17(19)20/h1-7H,15H2,(H,16,18). The number of carbonyl (C=O) groups is 1. The van der Waals surface area contributed by atoms with Crippen molar-refractivity contribution in [2.45, 2.75) is 0 Å². The maximum absolute atomic E-state index is 13.4. The molecular formula is C13H10FN3O3. The van der Waals surface area contributed by atoms with Gasteiger partial charge in [0.2, 0.25) is 0 Å². The number of rotatable bonds is 3. The van der Waals surface area contributed by atoms with Gasteiger partial charge in [-0.15, -0.1) is 0 Å². The number of halogens is 1. The summed E-state index contributed by atoms with van der Waals surface area (Å²) >= 11 is 0. The number of nitro benzene ring substituents is 1. The molecule has 102 valence electrons.